The zero-order chi connectivity index (χ0) is 36.9. The van der Waals surface area contributed by atoms with Gasteiger partial charge in [0.15, 0.2) is 5.82 Å². The highest BCUT2D eigenvalue weighted by atomic mass is 32.1. The third kappa shape index (κ3) is 4.06. The van der Waals surface area contributed by atoms with E-state index < -0.39 is 0 Å². The minimum Gasteiger partial charge on any atom is -0.456 e. The van der Waals surface area contributed by atoms with Crippen molar-refractivity contribution in [2.24, 2.45) is 0 Å². The van der Waals surface area contributed by atoms with Gasteiger partial charge in [-0.3, -0.25) is 0 Å². The molecule has 0 aliphatic rings. The van der Waals surface area contributed by atoms with E-state index in [1.807, 2.05) is 65.1 Å². The molecular formula is C50H24N2O3S2. The molecule has 0 unspecified atom stereocenters. The lowest BCUT2D eigenvalue weighted by Gasteiger charge is -2.11. The number of para-hydroxylation sites is 2. The van der Waals surface area contributed by atoms with Crippen molar-refractivity contribution in [3.8, 4) is 33.9 Å². The molecule has 0 radical (unpaired) electrons. The molecule has 6 aromatic heterocycles. The third-order valence-electron chi connectivity index (χ3n) is 11.7. The molecule has 264 valence electrons. The quantitative estimate of drug-likeness (QED) is 0.179. The Balaban J connectivity index is 1.08. The number of furan rings is 3. The van der Waals surface area contributed by atoms with Gasteiger partial charge in [-0.25, -0.2) is 9.97 Å². The molecule has 0 saturated heterocycles. The standard InChI is InChI=1S/C50H24N2O3S2/c1-2-9-27-25(8-1)22-40-45-44-38(55-40)19-21-41-46(44)47-42(57-48(27)45)20-18-31(49(47)56-41)34-24-33(30-12-7-15-37-43(30)32-11-4-6-14-36(32)53-37)51-50(52-34)26-16-17-29-28-10-3-5-13-35(28)54-39(29)23-26/h1-24H. The number of aromatic nitrogens is 2. The predicted octanol–water partition coefficient (Wildman–Crippen LogP) is 15.3. The van der Waals surface area contributed by atoms with Crippen molar-refractivity contribution in [1.29, 1.82) is 0 Å². The topological polar surface area (TPSA) is 65.2 Å². The summed E-state index contributed by atoms with van der Waals surface area (Å²) < 4.78 is 24.2. The molecule has 5 nitrogen and oxygen atoms in total. The molecule has 0 fully saturated rings. The Labute approximate surface area is 330 Å². The molecule has 0 N–H and O–H groups in total. The molecule has 0 saturated carbocycles. The van der Waals surface area contributed by atoms with Crippen LogP contribution in [0.4, 0.5) is 0 Å². The van der Waals surface area contributed by atoms with Gasteiger partial charge in [-0.2, -0.15) is 0 Å². The number of nitrogens with zero attached hydrogens (tertiary/aromatic N) is 2. The van der Waals surface area contributed by atoms with Gasteiger partial charge in [0.25, 0.3) is 0 Å². The Morgan fingerprint density at radius 1 is 0.368 bits per heavy atom. The fourth-order valence-corrected chi connectivity index (χ4v) is 11.8. The third-order valence-corrected chi connectivity index (χ3v) is 14.1. The first kappa shape index (κ1) is 30.2. The van der Waals surface area contributed by atoms with Crippen molar-refractivity contribution < 1.29 is 13.3 Å². The second-order valence-corrected chi connectivity index (χ2v) is 16.9. The van der Waals surface area contributed by atoms with Crippen LogP contribution in [0.2, 0.25) is 0 Å². The smallest absolute Gasteiger partial charge is 0.160 e. The van der Waals surface area contributed by atoms with E-state index in [1.54, 1.807) is 0 Å². The first-order valence-corrected chi connectivity index (χ1v) is 20.5. The van der Waals surface area contributed by atoms with Crippen molar-refractivity contribution in [1.82, 2.24) is 9.97 Å². The van der Waals surface area contributed by atoms with Crippen LogP contribution in [0.25, 0.3) is 140 Å². The van der Waals surface area contributed by atoms with Gasteiger partial charge in [0.2, 0.25) is 0 Å². The molecule has 6 heterocycles. The number of fused-ring (bicyclic) bond motifs is 8. The monoisotopic (exact) mass is 764 g/mol. The summed E-state index contributed by atoms with van der Waals surface area (Å²) in [5.74, 6) is 0.629. The first-order valence-electron chi connectivity index (χ1n) is 18.9. The lowest BCUT2D eigenvalue weighted by molar-refractivity contribution is 0.668. The minimum absolute atomic E-state index is 0.629. The van der Waals surface area contributed by atoms with Gasteiger partial charge in [-0.05, 0) is 77.5 Å². The van der Waals surface area contributed by atoms with E-state index in [-0.39, 0.29) is 0 Å². The largest absolute Gasteiger partial charge is 0.456 e. The molecule has 0 amide bonds. The van der Waals surface area contributed by atoms with Crippen LogP contribution in [0.1, 0.15) is 0 Å². The van der Waals surface area contributed by atoms with E-state index in [0.29, 0.717) is 5.82 Å². The van der Waals surface area contributed by atoms with E-state index in [1.165, 1.54) is 51.1 Å². The number of rotatable bonds is 3. The van der Waals surface area contributed by atoms with Crippen LogP contribution in [0.3, 0.4) is 0 Å². The lowest BCUT2D eigenvalue weighted by Crippen LogP contribution is -1.96. The molecule has 7 heteroatoms. The van der Waals surface area contributed by atoms with Gasteiger partial charge in [-0.1, -0.05) is 78.9 Å². The molecule has 0 bridgehead atoms. The van der Waals surface area contributed by atoms with E-state index in [9.17, 15) is 0 Å². The van der Waals surface area contributed by atoms with Crippen LogP contribution in [0, 0.1) is 0 Å². The van der Waals surface area contributed by atoms with Crippen molar-refractivity contribution in [2.75, 3.05) is 0 Å². The summed E-state index contributed by atoms with van der Waals surface area (Å²) in [4.78, 5) is 10.8. The highest BCUT2D eigenvalue weighted by molar-refractivity contribution is 7.29. The Morgan fingerprint density at radius 2 is 1.04 bits per heavy atom. The minimum atomic E-state index is 0.629. The van der Waals surface area contributed by atoms with Crippen LogP contribution >= 0.6 is 22.7 Å². The van der Waals surface area contributed by atoms with Gasteiger partial charge in [0.1, 0.15) is 33.5 Å². The van der Waals surface area contributed by atoms with Crippen molar-refractivity contribution in [3.63, 3.8) is 0 Å². The van der Waals surface area contributed by atoms with Crippen molar-refractivity contribution in [3.05, 3.63) is 146 Å². The van der Waals surface area contributed by atoms with Crippen LogP contribution < -0.4 is 0 Å². The van der Waals surface area contributed by atoms with E-state index in [2.05, 4.69) is 103 Å². The summed E-state index contributed by atoms with van der Waals surface area (Å²) in [7, 11) is 0. The average Bonchev–Trinajstić information content (AvgIpc) is 4.00. The van der Waals surface area contributed by atoms with Gasteiger partial charge >= 0.3 is 0 Å². The lowest BCUT2D eigenvalue weighted by atomic mass is 9.99. The van der Waals surface area contributed by atoms with Gasteiger partial charge in [-0.15, -0.1) is 22.7 Å². The zero-order valence-corrected chi connectivity index (χ0v) is 31.4. The van der Waals surface area contributed by atoms with E-state index in [4.69, 9.17) is 23.2 Å². The summed E-state index contributed by atoms with van der Waals surface area (Å²) in [5, 5.41) is 11.6. The van der Waals surface area contributed by atoms with E-state index in [0.717, 1.165) is 83.1 Å². The Bertz CT molecular complexity index is 4010. The van der Waals surface area contributed by atoms with Crippen LogP contribution in [0.5, 0.6) is 0 Å². The predicted molar refractivity (Wildman–Crippen MR) is 237 cm³/mol. The van der Waals surface area contributed by atoms with Gasteiger partial charge < -0.3 is 13.3 Å². The Hall–Kier alpha value is -7.06. The highest BCUT2D eigenvalue weighted by Gasteiger charge is 2.24. The molecule has 0 atom stereocenters. The number of hydrogen-bond donors (Lipinski definition) is 0. The number of thiophene rings is 1. The first-order chi connectivity index (χ1) is 28.2. The summed E-state index contributed by atoms with van der Waals surface area (Å²) in [6.45, 7) is 0. The van der Waals surface area contributed by atoms with E-state index >= 15 is 0 Å². The van der Waals surface area contributed by atoms with Crippen LogP contribution in [-0.2, 0) is 0 Å². The summed E-state index contributed by atoms with van der Waals surface area (Å²) >= 11 is 3.67. The second kappa shape index (κ2) is 10.8. The maximum Gasteiger partial charge on any atom is 0.160 e. The fraction of sp³-hybridized carbons (Fsp3) is 0. The normalized spacial score (nSPS) is 12.6. The van der Waals surface area contributed by atoms with Crippen molar-refractivity contribution in [2.45, 2.75) is 0 Å². The van der Waals surface area contributed by atoms with Gasteiger partial charge in [0.05, 0.1) is 11.4 Å². The summed E-state index contributed by atoms with van der Waals surface area (Å²) in [5.41, 5.74) is 9.82. The SMILES string of the molecule is c1ccc2c(c1)cc1oc3ccc4sc5c(-c6cc(-c7cccc8oc9ccccc9c78)nc(-c7ccc8c(c7)oc7ccccc78)n6)ccc6sc2c1c3c4c65. The summed E-state index contributed by atoms with van der Waals surface area (Å²) in [6.07, 6.45) is 0. The van der Waals surface area contributed by atoms with Crippen LogP contribution in [-0.4, -0.2) is 9.97 Å². The Morgan fingerprint density at radius 3 is 1.95 bits per heavy atom. The van der Waals surface area contributed by atoms with Crippen molar-refractivity contribution >= 4 is 129 Å². The zero-order valence-electron chi connectivity index (χ0n) is 29.8. The molecule has 14 rings (SSSR count). The molecule has 14 aromatic rings. The molecule has 8 aromatic carbocycles. The number of benzene rings is 8. The second-order valence-electron chi connectivity index (χ2n) is 14.8. The molecular weight excluding hydrogens is 741 g/mol. The highest BCUT2D eigenvalue weighted by Crippen LogP contribution is 2.52. The number of hydrogen-bond acceptors (Lipinski definition) is 7. The fourth-order valence-electron chi connectivity index (χ4n) is 9.18. The maximum atomic E-state index is 6.61. The maximum absolute atomic E-state index is 6.61. The van der Waals surface area contributed by atoms with Crippen LogP contribution in [0.15, 0.2) is 159 Å². The average molecular weight is 765 g/mol. The Kier molecular flexibility index (Phi) is 5.73. The molecule has 0 spiro atoms. The van der Waals surface area contributed by atoms with Gasteiger partial charge in [0, 0.05) is 78.6 Å². The summed E-state index contributed by atoms with van der Waals surface area (Å²) in [6, 6.07) is 50.8. The molecule has 0 aliphatic heterocycles. The molecule has 0 aliphatic carbocycles. The molecule has 57 heavy (non-hydrogen) atoms.